The summed E-state index contributed by atoms with van der Waals surface area (Å²) in [5.74, 6) is 2.12. The molecule has 3 aromatic heterocycles. The predicted molar refractivity (Wildman–Crippen MR) is 91.6 cm³/mol. The minimum Gasteiger partial charge on any atom is -0.441 e. The Morgan fingerprint density at radius 1 is 1.04 bits per heavy atom. The van der Waals surface area contributed by atoms with Crippen molar-refractivity contribution in [3.8, 4) is 0 Å². The topological polar surface area (TPSA) is 76.7 Å². The standard InChI is InChI=1S/C16H17N5OS/c1-16(2,3)12-9-19-14(22-12)5-4-11-8-20-15(23-11)21-13-10-17-6-7-18-13/h4-10H,1-3H3,(H,18,20,21)/b5-4+. The molecule has 0 spiro atoms. The Labute approximate surface area is 138 Å². The van der Waals surface area contributed by atoms with Gasteiger partial charge in [-0.3, -0.25) is 4.98 Å². The first kappa shape index (κ1) is 15.4. The first-order valence-corrected chi connectivity index (χ1v) is 7.95. The summed E-state index contributed by atoms with van der Waals surface area (Å²) in [6, 6.07) is 0. The largest absolute Gasteiger partial charge is 0.441 e. The zero-order valence-corrected chi connectivity index (χ0v) is 14.0. The van der Waals surface area contributed by atoms with E-state index in [2.05, 4.69) is 46.0 Å². The number of hydrogen-bond acceptors (Lipinski definition) is 7. The van der Waals surface area contributed by atoms with Crippen LogP contribution < -0.4 is 5.32 Å². The molecule has 0 aliphatic rings. The molecule has 23 heavy (non-hydrogen) atoms. The number of thiazole rings is 1. The molecule has 0 aliphatic heterocycles. The Hall–Kier alpha value is -2.54. The van der Waals surface area contributed by atoms with Gasteiger partial charge in [-0.25, -0.2) is 15.0 Å². The molecular weight excluding hydrogens is 310 g/mol. The molecule has 3 rings (SSSR count). The molecule has 3 heterocycles. The summed E-state index contributed by atoms with van der Waals surface area (Å²) >= 11 is 1.51. The number of aromatic nitrogens is 4. The van der Waals surface area contributed by atoms with E-state index in [1.165, 1.54) is 11.3 Å². The SMILES string of the molecule is CC(C)(C)c1cnc(/C=C/c2cnc(Nc3cnccn3)s2)o1. The second kappa shape index (κ2) is 6.29. The van der Waals surface area contributed by atoms with Crippen LogP contribution in [-0.4, -0.2) is 19.9 Å². The second-order valence-electron chi connectivity index (χ2n) is 5.93. The highest BCUT2D eigenvalue weighted by Crippen LogP contribution is 2.25. The molecule has 1 N–H and O–H groups in total. The molecule has 0 unspecified atom stereocenters. The maximum Gasteiger partial charge on any atom is 0.218 e. The smallest absolute Gasteiger partial charge is 0.218 e. The number of rotatable bonds is 4. The van der Waals surface area contributed by atoms with Crippen LogP contribution in [0.2, 0.25) is 0 Å². The molecule has 0 atom stereocenters. The fourth-order valence-corrected chi connectivity index (χ4v) is 2.49. The van der Waals surface area contributed by atoms with E-state index < -0.39 is 0 Å². The first-order valence-electron chi connectivity index (χ1n) is 7.14. The Morgan fingerprint density at radius 2 is 1.91 bits per heavy atom. The van der Waals surface area contributed by atoms with Crippen molar-refractivity contribution >= 4 is 34.4 Å². The summed E-state index contributed by atoms with van der Waals surface area (Å²) in [6.07, 6.45) is 12.2. The maximum atomic E-state index is 5.72. The third kappa shape index (κ3) is 4.01. The number of nitrogens with zero attached hydrogens (tertiary/aromatic N) is 4. The summed E-state index contributed by atoms with van der Waals surface area (Å²) in [4.78, 5) is 17.7. The Bertz CT molecular complexity index is 801. The molecule has 0 aromatic carbocycles. The maximum absolute atomic E-state index is 5.72. The number of hydrogen-bond donors (Lipinski definition) is 1. The first-order chi connectivity index (χ1) is 11.0. The van der Waals surface area contributed by atoms with Gasteiger partial charge in [-0.05, 0) is 6.08 Å². The zero-order valence-electron chi connectivity index (χ0n) is 13.1. The summed E-state index contributed by atoms with van der Waals surface area (Å²) in [5, 5.41) is 3.86. The van der Waals surface area contributed by atoms with Gasteiger partial charge in [0.15, 0.2) is 10.9 Å². The van der Waals surface area contributed by atoms with Gasteiger partial charge in [0.2, 0.25) is 5.89 Å². The summed E-state index contributed by atoms with van der Waals surface area (Å²) < 4.78 is 5.72. The fourth-order valence-electron chi connectivity index (χ4n) is 1.76. The molecule has 0 amide bonds. The van der Waals surface area contributed by atoms with Crippen LogP contribution in [0.1, 0.15) is 37.3 Å². The van der Waals surface area contributed by atoms with Gasteiger partial charge < -0.3 is 9.73 Å². The van der Waals surface area contributed by atoms with E-state index in [4.69, 9.17) is 4.42 Å². The van der Waals surface area contributed by atoms with Gasteiger partial charge in [-0.15, -0.1) is 0 Å². The summed E-state index contributed by atoms with van der Waals surface area (Å²) in [5.41, 5.74) is -0.0443. The minimum atomic E-state index is -0.0443. The lowest BCUT2D eigenvalue weighted by Crippen LogP contribution is -2.09. The lowest BCUT2D eigenvalue weighted by atomic mass is 9.94. The van der Waals surface area contributed by atoms with Gasteiger partial charge in [0.25, 0.3) is 0 Å². The molecule has 0 fully saturated rings. The molecule has 0 radical (unpaired) electrons. The van der Waals surface area contributed by atoms with E-state index in [-0.39, 0.29) is 5.41 Å². The fraction of sp³-hybridized carbons (Fsp3) is 0.250. The molecular formula is C16H17N5OS. The molecule has 7 heteroatoms. The summed E-state index contributed by atoms with van der Waals surface area (Å²) in [7, 11) is 0. The van der Waals surface area contributed by atoms with Crippen LogP contribution in [0.3, 0.4) is 0 Å². The third-order valence-corrected chi connectivity index (χ3v) is 3.85. The molecule has 0 aliphatic carbocycles. The molecule has 0 bridgehead atoms. The van der Waals surface area contributed by atoms with Crippen LogP contribution in [0.15, 0.2) is 35.4 Å². The van der Waals surface area contributed by atoms with Crippen LogP contribution in [0, 0.1) is 0 Å². The van der Waals surface area contributed by atoms with E-state index in [0.29, 0.717) is 11.7 Å². The monoisotopic (exact) mass is 327 g/mol. The van der Waals surface area contributed by atoms with Crippen molar-refractivity contribution in [1.29, 1.82) is 0 Å². The van der Waals surface area contributed by atoms with Gasteiger partial charge in [-0.1, -0.05) is 32.1 Å². The number of nitrogens with one attached hydrogen (secondary N) is 1. The average Bonchev–Trinajstić information content (AvgIpc) is 3.15. The van der Waals surface area contributed by atoms with E-state index in [1.807, 2.05) is 12.2 Å². The van der Waals surface area contributed by atoms with E-state index in [0.717, 1.165) is 15.8 Å². The molecule has 0 saturated carbocycles. The van der Waals surface area contributed by atoms with E-state index >= 15 is 0 Å². The second-order valence-corrected chi connectivity index (χ2v) is 6.99. The predicted octanol–water partition coefficient (Wildman–Crippen LogP) is 4.13. The third-order valence-electron chi connectivity index (χ3n) is 2.97. The van der Waals surface area contributed by atoms with Crippen LogP contribution in [-0.2, 0) is 5.41 Å². The molecule has 118 valence electrons. The Morgan fingerprint density at radius 3 is 2.61 bits per heavy atom. The van der Waals surface area contributed by atoms with Crippen molar-refractivity contribution in [3.05, 3.63) is 47.5 Å². The van der Waals surface area contributed by atoms with Crippen molar-refractivity contribution in [1.82, 2.24) is 19.9 Å². The Balaban J connectivity index is 1.68. The highest BCUT2D eigenvalue weighted by atomic mass is 32.1. The van der Waals surface area contributed by atoms with Crippen molar-refractivity contribution in [3.63, 3.8) is 0 Å². The van der Waals surface area contributed by atoms with Crippen LogP contribution in [0.4, 0.5) is 10.9 Å². The molecule has 6 nitrogen and oxygen atoms in total. The van der Waals surface area contributed by atoms with Gasteiger partial charge in [0.05, 0.1) is 12.4 Å². The van der Waals surface area contributed by atoms with Gasteiger partial charge >= 0.3 is 0 Å². The Kier molecular flexibility index (Phi) is 4.20. The van der Waals surface area contributed by atoms with Crippen molar-refractivity contribution in [2.24, 2.45) is 0 Å². The van der Waals surface area contributed by atoms with Crippen LogP contribution in [0.5, 0.6) is 0 Å². The van der Waals surface area contributed by atoms with Crippen LogP contribution in [0.25, 0.3) is 12.2 Å². The van der Waals surface area contributed by atoms with E-state index in [9.17, 15) is 0 Å². The normalized spacial score (nSPS) is 12.0. The van der Waals surface area contributed by atoms with Crippen LogP contribution >= 0.6 is 11.3 Å². The quantitative estimate of drug-likeness (QED) is 0.776. The van der Waals surface area contributed by atoms with Gasteiger partial charge in [0.1, 0.15) is 5.76 Å². The highest BCUT2D eigenvalue weighted by molar-refractivity contribution is 7.16. The van der Waals surface area contributed by atoms with Crippen molar-refractivity contribution in [2.75, 3.05) is 5.32 Å². The lowest BCUT2D eigenvalue weighted by Gasteiger charge is -2.12. The number of oxazole rings is 1. The molecule has 3 aromatic rings. The summed E-state index contributed by atoms with van der Waals surface area (Å²) in [6.45, 7) is 6.28. The van der Waals surface area contributed by atoms with Crippen molar-refractivity contribution in [2.45, 2.75) is 26.2 Å². The lowest BCUT2D eigenvalue weighted by molar-refractivity contribution is 0.403. The number of anilines is 2. The molecule has 0 saturated heterocycles. The minimum absolute atomic E-state index is 0.0443. The van der Waals surface area contributed by atoms with Gasteiger partial charge in [0, 0.05) is 35.0 Å². The average molecular weight is 327 g/mol. The van der Waals surface area contributed by atoms with Crippen molar-refractivity contribution < 1.29 is 4.42 Å². The zero-order chi connectivity index (χ0) is 16.3. The van der Waals surface area contributed by atoms with E-state index in [1.54, 1.807) is 31.0 Å². The highest BCUT2D eigenvalue weighted by Gasteiger charge is 2.18. The van der Waals surface area contributed by atoms with Gasteiger partial charge in [-0.2, -0.15) is 0 Å².